The zero-order valence-corrected chi connectivity index (χ0v) is 4.42. The number of ether oxygens (including phenoxy) is 1. The largest absolute Gasteiger partial charge is 0.488 e. The molecule has 0 fully saturated rings. The van der Waals surface area contributed by atoms with Crippen molar-refractivity contribution in [3.8, 4) is 0 Å². The van der Waals surface area contributed by atoms with Crippen molar-refractivity contribution in [1.82, 2.24) is 0 Å². The van der Waals surface area contributed by atoms with E-state index in [0.29, 0.717) is 12.4 Å². The molecule has 1 heterocycles. The summed E-state index contributed by atoms with van der Waals surface area (Å²) in [5, 5.41) is 6.74. The molecule has 0 aromatic heterocycles. The Morgan fingerprint density at radius 1 is 1.75 bits per heavy atom. The van der Waals surface area contributed by atoms with E-state index in [1.165, 1.54) is 6.21 Å². The van der Waals surface area contributed by atoms with Gasteiger partial charge in [-0.2, -0.15) is 0 Å². The molecule has 0 radical (unpaired) electrons. The van der Waals surface area contributed by atoms with Crippen LogP contribution >= 0.6 is 0 Å². The lowest BCUT2D eigenvalue weighted by molar-refractivity contribution is 0.266. The van der Waals surface area contributed by atoms with E-state index in [1.54, 1.807) is 6.08 Å². The fourth-order valence-corrected chi connectivity index (χ4v) is 0.501. The third kappa shape index (κ3) is 0.964. The van der Waals surface area contributed by atoms with Gasteiger partial charge in [0.2, 0.25) is 0 Å². The highest BCUT2D eigenvalue weighted by Crippen LogP contribution is 1.98. The standard InChI is InChI=1S/C6H7NO/c7-5-6-3-1-2-4-8-6/h1-3,5,7H,4H2. The molecule has 1 N–H and O–H groups in total. The van der Waals surface area contributed by atoms with Gasteiger partial charge in [-0.05, 0) is 12.2 Å². The SMILES string of the molecule is N=CC1=CC=CCO1. The van der Waals surface area contributed by atoms with Crippen LogP contribution in [0.2, 0.25) is 0 Å². The molecule has 0 amide bonds. The predicted molar refractivity (Wildman–Crippen MR) is 32.0 cm³/mol. The van der Waals surface area contributed by atoms with Crippen LogP contribution in [0.3, 0.4) is 0 Å². The number of nitrogens with one attached hydrogen (secondary N) is 1. The van der Waals surface area contributed by atoms with Gasteiger partial charge in [0.1, 0.15) is 12.4 Å². The van der Waals surface area contributed by atoms with E-state index in [1.807, 2.05) is 12.2 Å². The Labute approximate surface area is 48.0 Å². The van der Waals surface area contributed by atoms with E-state index in [4.69, 9.17) is 10.1 Å². The molecule has 0 spiro atoms. The van der Waals surface area contributed by atoms with Crippen molar-refractivity contribution in [1.29, 1.82) is 5.41 Å². The molecule has 42 valence electrons. The normalized spacial score (nSPS) is 16.8. The van der Waals surface area contributed by atoms with Gasteiger partial charge in [0.15, 0.2) is 0 Å². The quantitative estimate of drug-likeness (QED) is 0.502. The van der Waals surface area contributed by atoms with Gasteiger partial charge in [-0.15, -0.1) is 0 Å². The van der Waals surface area contributed by atoms with Crippen molar-refractivity contribution in [2.24, 2.45) is 0 Å². The lowest BCUT2D eigenvalue weighted by Gasteiger charge is -2.04. The fraction of sp³-hybridized carbons (Fsp3) is 0.167. The minimum absolute atomic E-state index is 0.598. The number of rotatable bonds is 1. The first-order valence-corrected chi connectivity index (χ1v) is 2.43. The molecule has 2 nitrogen and oxygen atoms in total. The second kappa shape index (κ2) is 2.31. The minimum atomic E-state index is 0.598. The summed E-state index contributed by atoms with van der Waals surface area (Å²) < 4.78 is 4.96. The molecule has 1 aliphatic rings. The van der Waals surface area contributed by atoms with Crippen LogP contribution in [0.1, 0.15) is 0 Å². The first kappa shape index (κ1) is 5.09. The van der Waals surface area contributed by atoms with Crippen molar-refractivity contribution in [3.05, 3.63) is 24.0 Å². The zero-order chi connectivity index (χ0) is 5.82. The summed E-state index contributed by atoms with van der Waals surface area (Å²) in [5.41, 5.74) is 0. The molecule has 0 aliphatic carbocycles. The van der Waals surface area contributed by atoms with Gasteiger partial charge in [-0.3, -0.25) is 0 Å². The van der Waals surface area contributed by atoms with Crippen LogP contribution in [-0.4, -0.2) is 12.8 Å². The van der Waals surface area contributed by atoms with E-state index in [0.717, 1.165) is 0 Å². The maximum absolute atomic E-state index is 6.74. The monoisotopic (exact) mass is 109 g/mol. The summed E-state index contributed by atoms with van der Waals surface area (Å²) >= 11 is 0. The van der Waals surface area contributed by atoms with Crippen molar-refractivity contribution < 1.29 is 4.74 Å². The third-order valence-electron chi connectivity index (χ3n) is 0.885. The van der Waals surface area contributed by atoms with Crippen molar-refractivity contribution in [3.63, 3.8) is 0 Å². The van der Waals surface area contributed by atoms with E-state index in [9.17, 15) is 0 Å². The summed E-state index contributed by atoms with van der Waals surface area (Å²) in [6.07, 6.45) is 6.73. The Hall–Kier alpha value is -1.05. The smallest absolute Gasteiger partial charge is 0.137 e. The number of hydrogen-bond acceptors (Lipinski definition) is 2. The summed E-state index contributed by atoms with van der Waals surface area (Å²) in [6.45, 7) is 0.598. The maximum Gasteiger partial charge on any atom is 0.137 e. The van der Waals surface area contributed by atoms with E-state index < -0.39 is 0 Å². The summed E-state index contributed by atoms with van der Waals surface area (Å²) in [6, 6.07) is 0. The van der Waals surface area contributed by atoms with Crippen LogP contribution in [0.5, 0.6) is 0 Å². The van der Waals surface area contributed by atoms with E-state index in [-0.39, 0.29) is 0 Å². The van der Waals surface area contributed by atoms with Gasteiger partial charge in [-0.1, -0.05) is 6.08 Å². The molecule has 1 rings (SSSR count). The minimum Gasteiger partial charge on any atom is -0.488 e. The van der Waals surface area contributed by atoms with Crippen LogP contribution in [-0.2, 0) is 4.74 Å². The van der Waals surface area contributed by atoms with Crippen LogP contribution in [0.4, 0.5) is 0 Å². The highest BCUT2D eigenvalue weighted by Gasteiger charge is 1.91. The van der Waals surface area contributed by atoms with Gasteiger partial charge in [0, 0.05) is 0 Å². The summed E-state index contributed by atoms with van der Waals surface area (Å²) in [7, 11) is 0. The lowest BCUT2D eigenvalue weighted by atomic mass is 10.4. The third-order valence-corrected chi connectivity index (χ3v) is 0.885. The Morgan fingerprint density at radius 2 is 2.62 bits per heavy atom. The zero-order valence-electron chi connectivity index (χ0n) is 4.42. The van der Waals surface area contributed by atoms with Gasteiger partial charge in [0.25, 0.3) is 0 Å². The molecule has 0 aromatic rings. The number of hydrogen-bond donors (Lipinski definition) is 1. The van der Waals surface area contributed by atoms with Crippen molar-refractivity contribution in [2.75, 3.05) is 6.61 Å². The molecule has 2 heteroatoms. The molecule has 0 unspecified atom stereocenters. The highest BCUT2D eigenvalue weighted by molar-refractivity contribution is 5.73. The topological polar surface area (TPSA) is 33.1 Å². The molecular formula is C6H7NO. The average molecular weight is 109 g/mol. The van der Waals surface area contributed by atoms with E-state index >= 15 is 0 Å². The predicted octanol–water partition coefficient (Wildman–Crippen LogP) is 1.11. The maximum atomic E-state index is 6.74. The van der Waals surface area contributed by atoms with Gasteiger partial charge < -0.3 is 10.1 Å². The molecule has 1 aliphatic heterocycles. The van der Waals surface area contributed by atoms with Gasteiger partial charge >= 0.3 is 0 Å². The summed E-state index contributed by atoms with van der Waals surface area (Å²) in [4.78, 5) is 0. The second-order valence-electron chi connectivity index (χ2n) is 1.45. The summed E-state index contributed by atoms with van der Waals surface area (Å²) in [5.74, 6) is 0.632. The molecule has 0 saturated heterocycles. The van der Waals surface area contributed by atoms with Crippen LogP contribution in [0.15, 0.2) is 24.0 Å². The van der Waals surface area contributed by atoms with Crippen LogP contribution < -0.4 is 0 Å². The van der Waals surface area contributed by atoms with Crippen LogP contribution in [0, 0.1) is 5.41 Å². The van der Waals surface area contributed by atoms with Gasteiger partial charge in [-0.25, -0.2) is 0 Å². The Morgan fingerprint density at radius 3 is 3.00 bits per heavy atom. The molecular weight excluding hydrogens is 102 g/mol. The Balaban J connectivity index is 2.63. The van der Waals surface area contributed by atoms with Crippen LogP contribution in [0.25, 0.3) is 0 Å². The molecule has 0 aromatic carbocycles. The van der Waals surface area contributed by atoms with E-state index in [2.05, 4.69) is 0 Å². The lowest BCUT2D eigenvalue weighted by Crippen LogP contribution is -1.95. The van der Waals surface area contributed by atoms with Crippen molar-refractivity contribution in [2.45, 2.75) is 0 Å². The van der Waals surface area contributed by atoms with Crippen molar-refractivity contribution >= 4 is 6.21 Å². The molecule has 0 bridgehead atoms. The first-order valence-electron chi connectivity index (χ1n) is 2.43. The fourth-order valence-electron chi connectivity index (χ4n) is 0.501. The Bertz CT molecular complexity index is 147. The average Bonchev–Trinajstić information content (AvgIpc) is 1.90. The molecule has 8 heavy (non-hydrogen) atoms. The Kier molecular flexibility index (Phi) is 1.47. The molecule has 0 atom stereocenters. The highest BCUT2D eigenvalue weighted by atomic mass is 16.5. The first-order chi connectivity index (χ1) is 3.93. The molecule has 0 saturated carbocycles. The number of allylic oxidation sites excluding steroid dienone is 3. The second-order valence-corrected chi connectivity index (χ2v) is 1.45. The van der Waals surface area contributed by atoms with Gasteiger partial charge in [0.05, 0.1) is 6.21 Å².